The summed E-state index contributed by atoms with van der Waals surface area (Å²) in [5.41, 5.74) is 0. The number of carbonyl (C=O) groups is 3. The van der Waals surface area contributed by atoms with E-state index in [0.717, 1.165) is 180 Å². The highest BCUT2D eigenvalue weighted by Crippen LogP contribution is 2.16. The molecule has 0 aromatic carbocycles. The first kappa shape index (κ1) is 96.4. The zero-order chi connectivity index (χ0) is 74.6. The maximum Gasteiger partial charge on any atom is 0.361 e. The highest BCUT2D eigenvalue weighted by Gasteiger charge is 2.25. The van der Waals surface area contributed by atoms with E-state index in [1.807, 2.05) is 21.1 Å². The van der Waals surface area contributed by atoms with Gasteiger partial charge in [0.05, 0.1) is 34.4 Å². The fourth-order valence-electron chi connectivity index (χ4n) is 10.3. The molecule has 0 saturated heterocycles. The average molecular weight is 1420 g/mol. The van der Waals surface area contributed by atoms with Crippen molar-refractivity contribution < 1.29 is 42.9 Å². The van der Waals surface area contributed by atoms with Gasteiger partial charge < -0.3 is 28.5 Å². The number of hydrogen-bond donors (Lipinski definition) is 1. The third kappa shape index (κ3) is 82.5. The minimum absolute atomic E-state index is 0.174. The van der Waals surface area contributed by atoms with Crippen LogP contribution in [0.2, 0.25) is 0 Å². The van der Waals surface area contributed by atoms with Gasteiger partial charge in [-0.1, -0.05) is 341 Å². The van der Waals surface area contributed by atoms with Crippen molar-refractivity contribution in [2.24, 2.45) is 0 Å². The number of nitrogens with zero attached hydrogens (tertiary/aromatic N) is 1. The molecule has 0 aromatic heterocycles. The van der Waals surface area contributed by atoms with E-state index in [9.17, 15) is 19.5 Å². The molecule has 9 nitrogen and oxygen atoms in total. The Labute approximate surface area is 631 Å². The first-order valence-corrected chi connectivity index (χ1v) is 40.5. The second-order valence-electron chi connectivity index (χ2n) is 27.3. The summed E-state index contributed by atoms with van der Waals surface area (Å²) in [6, 6.07) is 0. The molecular formula is C94H148NO8+. The summed E-state index contributed by atoms with van der Waals surface area (Å²) >= 11 is 0. The molecular weight excluding hydrogens is 1270 g/mol. The Bertz CT molecular complexity index is 2560. The van der Waals surface area contributed by atoms with Crippen molar-refractivity contribution in [1.82, 2.24) is 0 Å². The van der Waals surface area contributed by atoms with Crippen LogP contribution in [0.15, 0.2) is 231 Å². The van der Waals surface area contributed by atoms with Gasteiger partial charge in [0.15, 0.2) is 6.10 Å². The van der Waals surface area contributed by atoms with Gasteiger partial charge >= 0.3 is 17.9 Å². The third-order valence-corrected chi connectivity index (χ3v) is 16.4. The molecule has 0 radical (unpaired) electrons. The van der Waals surface area contributed by atoms with Crippen molar-refractivity contribution in [3.8, 4) is 0 Å². The van der Waals surface area contributed by atoms with Crippen molar-refractivity contribution in [2.75, 3.05) is 47.5 Å². The molecule has 2 atom stereocenters. The number of ether oxygens (including phenoxy) is 4. The molecule has 0 spiro atoms. The molecule has 9 heteroatoms. The maximum absolute atomic E-state index is 13.0. The van der Waals surface area contributed by atoms with E-state index in [2.05, 4.69) is 245 Å². The molecule has 1 N–H and O–H groups in total. The number of esters is 2. The molecule has 0 saturated carbocycles. The molecule has 2 unspecified atom stereocenters. The average Bonchev–Trinajstić information content (AvgIpc) is 0.985. The van der Waals surface area contributed by atoms with E-state index in [1.165, 1.54) is 70.6 Å². The first-order chi connectivity index (χ1) is 50.6. The Hall–Kier alpha value is -6.65. The van der Waals surface area contributed by atoms with E-state index < -0.39 is 24.3 Å². The van der Waals surface area contributed by atoms with E-state index in [4.69, 9.17) is 18.9 Å². The SMILES string of the molecule is CC/C=C\C/C=C\C/C=C\C/C=C\C/C=C\C/C=C\C/C=C\C/C=C\C/C=C\C/C=C\CCCCCCCCCCC(=O)OC(COC(=O)CCCCCCCCCCCCC/C=C\C/C=C\C/C=C\C/C=C\C/C=C\C/C=C\C/C=C\C/C=C\C/C=C\CC)COC(OCC[N+](C)(C)C)C(=O)O. The summed E-state index contributed by atoms with van der Waals surface area (Å²) in [5, 5.41) is 9.78. The minimum atomic E-state index is -1.53. The Morgan fingerprint density at radius 2 is 0.524 bits per heavy atom. The van der Waals surface area contributed by atoms with Gasteiger partial charge in [-0.2, -0.15) is 0 Å². The van der Waals surface area contributed by atoms with Crippen LogP contribution in [0.1, 0.15) is 284 Å². The Balaban J connectivity index is 4.16. The van der Waals surface area contributed by atoms with E-state index in [0.29, 0.717) is 17.4 Å². The monoisotopic (exact) mass is 1420 g/mol. The van der Waals surface area contributed by atoms with Gasteiger partial charge in [-0.25, -0.2) is 4.79 Å². The lowest BCUT2D eigenvalue weighted by atomic mass is 10.0. The Morgan fingerprint density at radius 3 is 0.777 bits per heavy atom. The fourth-order valence-corrected chi connectivity index (χ4v) is 10.3. The zero-order valence-corrected chi connectivity index (χ0v) is 65.9. The predicted molar refractivity (Wildman–Crippen MR) is 446 cm³/mol. The molecule has 0 aliphatic carbocycles. The molecule has 0 aliphatic heterocycles. The van der Waals surface area contributed by atoms with E-state index >= 15 is 0 Å². The number of carbonyl (C=O) groups excluding carboxylic acids is 2. The second-order valence-corrected chi connectivity index (χ2v) is 27.3. The third-order valence-electron chi connectivity index (χ3n) is 16.4. The van der Waals surface area contributed by atoms with Crippen LogP contribution in [0.25, 0.3) is 0 Å². The number of quaternary nitrogens is 1. The van der Waals surface area contributed by atoms with Gasteiger partial charge in [0.2, 0.25) is 0 Å². The number of likely N-dealkylation sites (N-methyl/N-ethyl adjacent to an activating group) is 1. The van der Waals surface area contributed by atoms with Gasteiger partial charge in [0, 0.05) is 12.8 Å². The Kier molecular flexibility index (Phi) is 75.8. The second kappa shape index (κ2) is 81.0. The van der Waals surface area contributed by atoms with Crippen LogP contribution in [0.3, 0.4) is 0 Å². The molecule has 103 heavy (non-hydrogen) atoms. The summed E-state index contributed by atoms with van der Waals surface area (Å²) < 4.78 is 23.0. The molecule has 0 heterocycles. The summed E-state index contributed by atoms with van der Waals surface area (Å²) in [6.45, 7) is 4.62. The molecule has 576 valence electrons. The molecule has 0 aromatic rings. The number of allylic oxidation sites excluding steroid dienone is 38. The van der Waals surface area contributed by atoms with Crippen molar-refractivity contribution in [2.45, 2.75) is 296 Å². The topological polar surface area (TPSA) is 108 Å². The standard InChI is InChI=1S/C94H147NO8/c1-6-8-10-12-14-16-18-20-22-24-26-28-30-32-34-36-38-40-42-44-46-48-50-52-54-56-58-60-62-64-66-68-70-72-74-76-78-80-82-84-91(96)101-88-90(89-102-94(93(98)99)100-87-86-95(3,4)5)103-92(97)85-83-81-79-77-75-73-71-69-67-65-63-61-59-57-55-53-51-49-47-45-43-41-39-37-35-33-31-29-27-25-23-21-19-17-15-13-11-9-7-2/h8-11,14-17,20-23,26-29,32-35,38-41,44-47,50-53,56-59,63,65,90,94H,6-7,12-13,18-19,24-25,30-31,36-37,42-43,48-49,54-55,60-62,64,66-89H2,1-5H3/p+1/b10-8-,11-9-,16-14-,17-15-,22-20-,23-21-,28-26-,29-27-,34-32-,35-33-,40-38-,41-39-,46-44-,47-45-,52-50-,53-51-,58-56-,59-57-,65-63-. The van der Waals surface area contributed by atoms with Gasteiger partial charge in [-0.05, 0) is 161 Å². The fraction of sp³-hybridized carbons (Fsp3) is 0.564. The van der Waals surface area contributed by atoms with Crippen molar-refractivity contribution in [3.05, 3.63) is 231 Å². The number of rotatable bonds is 72. The van der Waals surface area contributed by atoms with Gasteiger partial charge in [-0.3, -0.25) is 9.59 Å². The minimum Gasteiger partial charge on any atom is -0.477 e. The largest absolute Gasteiger partial charge is 0.477 e. The van der Waals surface area contributed by atoms with E-state index in [1.54, 1.807) is 0 Å². The van der Waals surface area contributed by atoms with E-state index in [-0.39, 0.29) is 38.6 Å². The van der Waals surface area contributed by atoms with Crippen molar-refractivity contribution in [3.63, 3.8) is 0 Å². The van der Waals surface area contributed by atoms with Crippen molar-refractivity contribution >= 4 is 17.9 Å². The van der Waals surface area contributed by atoms with Gasteiger partial charge in [0.1, 0.15) is 13.2 Å². The normalized spacial score (nSPS) is 13.9. The summed E-state index contributed by atoms with van der Waals surface area (Å²) in [4.78, 5) is 37.8. The lowest BCUT2D eigenvalue weighted by Gasteiger charge is -2.25. The summed E-state index contributed by atoms with van der Waals surface area (Å²) in [5.74, 6) is -2.04. The smallest absolute Gasteiger partial charge is 0.361 e. The summed E-state index contributed by atoms with van der Waals surface area (Å²) in [6.07, 6.45) is 126. The number of hydrogen-bond acceptors (Lipinski definition) is 7. The van der Waals surface area contributed by atoms with Gasteiger partial charge in [-0.15, -0.1) is 0 Å². The summed E-state index contributed by atoms with van der Waals surface area (Å²) in [7, 11) is 5.96. The maximum atomic E-state index is 13.0. The van der Waals surface area contributed by atoms with Crippen LogP contribution in [-0.4, -0.2) is 87.4 Å². The molecule has 0 aliphatic rings. The van der Waals surface area contributed by atoms with Crippen LogP contribution >= 0.6 is 0 Å². The highest BCUT2D eigenvalue weighted by molar-refractivity contribution is 5.71. The van der Waals surface area contributed by atoms with Crippen LogP contribution in [0.4, 0.5) is 0 Å². The first-order valence-electron chi connectivity index (χ1n) is 40.5. The number of carboxylic acids is 1. The molecule has 0 amide bonds. The lowest BCUT2D eigenvalue weighted by molar-refractivity contribution is -0.870. The molecule has 0 rings (SSSR count). The molecule has 0 bridgehead atoms. The lowest BCUT2D eigenvalue weighted by Crippen LogP contribution is -2.40. The Morgan fingerprint density at radius 1 is 0.291 bits per heavy atom. The zero-order valence-electron chi connectivity index (χ0n) is 65.9. The number of aliphatic carboxylic acids is 1. The van der Waals surface area contributed by atoms with Crippen LogP contribution in [0, 0.1) is 0 Å². The number of unbranched alkanes of at least 4 members (excludes halogenated alkanes) is 19. The highest BCUT2D eigenvalue weighted by atomic mass is 16.7. The van der Waals surface area contributed by atoms with Crippen molar-refractivity contribution in [1.29, 1.82) is 0 Å². The number of carboxylic acid groups (broad SMARTS) is 1. The van der Waals surface area contributed by atoms with Gasteiger partial charge in [0.25, 0.3) is 6.29 Å². The quantitative estimate of drug-likeness (QED) is 0.0211. The van der Waals surface area contributed by atoms with Crippen LogP contribution in [-0.2, 0) is 33.3 Å². The predicted octanol–water partition coefficient (Wildman–Crippen LogP) is 26.6. The molecule has 0 fully saturated rings. The van der Waals surface area contributed by atoms with Crippen LogP contribution in [0.5, 0.6) is 0 Å². The van der Waals surface area contributed by atoms with Crippen LogP contribution < -0.4 is 0 Å².